The van der Waals surface area contributed by atoms with E-state index in [0.717, 1.165) is 6.42 Å². The van der Waals surface area contributed by atoms with Gasteiger partial charge in [-0.1, -0.05) is 25.3 Å². The van der Waals surface area contributed by atoms with Crippen LogP contribution in [0, 0.1) is 5.92 Å². The second-order valence-corrected chi connectivity index (χ2v) is 4.68. The lowest BCUT2D eigenvalue weighted by Gasteiger charge is -2.33. The monoisotopic (exact) mass is 224 g/mol. The molecule has 0 spiro atoms. The van der Waals surface area contributed by atoms with Crippen molar-refractivity contribution in [3.8, 4) is 0 Å². The van der Waals surface area contributed by atoms with Crippen molar-refractivity contribution in [2.45, 2.75) is 50.7 Å². The molecule has 1 fully saturated rings. The molecule has 2 aliphatic rings. The van der Waals surface area contributed by atoms with Gasteiger partial charge in [0.1, 0.15) is 0 Å². The molecule has 0 unspecified atom stereocenters. The van der Waals surface area contributed by atoms with Crippen molar-refractivity contribution in [3.05, 3.63) is 12.2 Å². The highest BCUT2D eigenvalue weighted by Gasteiger charge is 2.30. The highest BCUT2D eigenvalue weighted by molar-refractivity contribution is 5.76. The molecule has 1 aliphatic heterocycles. The van der Waals surface area contributed by atoms with Gasteiger partial charge in [-0.05, 0) is 31.3 Å². The van der Waals surface area contributed by atoms with Gasteiger partial charge in [-0.25, -0.2) is 4.79 Å². The summed E-state index contributed by atoms with van der Waals surface area (Å²) < 4.78 is 10.5. The Morgan fingerprint density at radius 3 is 2.75 bits per heavy atom. The van der Waals surface area contributed by atoms with Crippen molar-refractivity contribution >= 4 is 5.97 Å². The van der Waals surface area contributed by atoms with Crippen molar-refractivity contribution in [3.63, 3.8) is 0 Å². The van der Waals surface area contributed by atoms with Crippen LogP contribution in [0.15, 0.2) is 12.2 Å². The average molecular weight is 224 g/mol. The van der Waals surface area contributed by atoms with E-state index in [2.05, 4.69) is 6.08 Å². The largest absolute Gasteiger partial charge is 0.467 e. The molecular weight excluding hydrogens is 204 g/mol. The zero-order chi connectivity index (χ0) is 11.4. The van der Waals surface area contributed by atoms with Crippen LogP contribution < -0.4 is 0 Å². The molecule has 0 aromatic heterocycles. The summed E-state index contributed by atoms with van der Waals surface area (Å²) in [5.74, 6) is 0.350. The minimum atomic E-state index is -0.481. The summed E-state index contributed by atoms with van der Waals surface area (Å²) in [5, 5.41) is 0. The van der Waals surface area contributed by atoms with Crippen LogP contribution in [0.4, 0.5) is 0 Å². The van der Waals surface area contributed by atoms with E-state index in [1.807, 2.05) is 6.08 Å². The SMILES string of the molecule is COC(=O)[C@H]1C=CC[C@@H](C2CCCCC2)O1. The molecule has 1 aliphatic carbocycles. The topological polar surface area (TPSA) is 35.5 Å². The second kappa shape index (κ2) is 5.48. The Morgan fingerprint density at radius 1 is 1.31 bits per heavy atom. The highest BCUT2D eigenvalue weighted by Crippen LogP contribution is 2.31. The van der Waals surface area contributed by atoms with E-state index in [-0.39, 0.29) is 12.1 Å². The summed E-state index contributed by atoms with van der Waals surface area (Å²) in [5.41, 5.74) is 0. The predicted octanol–water partition coefficient (Wildman–Crippen LogP) is 2.45. The summed E-state index contributed by atoms with van der Waals surface area (Å²) >= 11 is 0. The molecule has 90 valence electrons. The minimum Gasteiger partial charge on any atom is -0.467 e. The number of carbonyl (C=O) groups is 1. The Kier molecular flexibility index (Phi) is 3.99. The molecule has 3 heteroatoms. The second-order valence-electron chi connectivity index (χ2n) is 4.68. The van der Waals surface area contributed by atoms with Gasteiger partial charge in [0, 0.05) is 0 Å². The molecule has 0 radical (unpaired) electrons. The predicted molar refractivity (Wildman–Crippen MR) is 61.0 cm³/mol. The van der Waals surface area contributed by atoms with Crippen molar-refractivity contribution in [2.75, 3.05) is 7.11 Å². The summed E-state index contributed by atoms with van der Waals surface area (Å²) in [6.45, 7) is 0. The molecule has 1 heterocycles. The van der Waals surface area contributed by atoms with Gasteiger partial charge in [-0.3, -0.25) is 0 Å². The van der Waals surface area contributed by atoms with Gasteiger partial charge in [0.05, 0.1) is 13.2 Å². The Bertz CT molecular complexity index is 266. The van der Waals surface area contributed by atoms with Crippen LogP contribution in [0.2, 0.25) is 0 Å². The Labute approximate surface area is 96.8 Å². The first-order chi connectivity index (χ1) is 7.81. The van der Waals surface area contributed by atoms with E-state index >= 15 is 0 Å². The van der Waals surface area contributed by atoms with E-state index in [9.17, 15) is 4.79 Å². The smallest absolute Gasteiger partial charge is 0.339 e. The van der Waals surface area contributed by atoms with E-state index in [1.54, 1.807) is 0 Å². The van der Waals surface area contributed by atoms with Gasteiger partial charge >= 0.3 is 5.97 Å². The van der Waals surface area contributed by atoms with Crippen LogP contribution in [-0.2, 0) is 14.3 Å². The summed E-state index contributed by atoms with van der Waals surface area (Å²) in [7, 11) is 1.41. The quantitative estimate of drug-likeness (QED) is 0.534. The van der Waals surface area contributed by atoms with E-state index < -0.39 is 6.10 Å². The molecule has 0 bridgehead atoms. The molecule has 16 heavy (non-hydrogen) atoms. The van der Waals surface area contributed by atoms with Crippen molar-refractivity contribution in [1.29, 1.82) is 0 Å². The molecule has 2 rings (SSSR count). The number of hydrogen-bond acceptors (Lipinski definition) is 3. The third-order valence-electron chi connectivity index (χ3n) is 3.61. The highest BCUT2D eigenvalue weighted by atomic mass is 16.6. The fourth-order valence-corrected chi connectivity index (χ4v) is 2.69. The fraction of sp³-hybridized carbons (Fsp3) is 0.769. The average Bonchev–Trinajstić information content (AvgIpc) is 2.39. The van der Waals surface area contributed by atoms with Gasteiger partial charge in [0.25, 0.3) is 0 Å². The lowest BCUT2D eigenvalue weighted by atomic mass is 9.83. The van der Waals surface area contributed by atoms with Crippen molar-refractivity contribution in [1.82, 2.24) is 0 Å². The van der Waals surface area contributed by atoms with Gasteiger partial charge in [-0.2, -0.15) is 0 Å². The summed E-state index contributed by atoms with van der Waals surface area (Å²) in [4.78, 5) is 11.4. The zero-order valence-electron chi connectivity index (χ0n) is 9.85. The first-order valence-electron chi connectivity index (χ1n) is 6.21. The molecule has 0 N–H and O–H groups in total. The first-order valence-corrected chi connectivity index (χ1v) is 6.21. The third kappa shape index (κ3) is 2.64. The van der Waals surface area contributed by atoms with Gasteiger partial charge in [-0.15, -0.1) is 0 Å². The maximum Gasteiger partial charge on any atom is 0.339 e. The van der Waals surface area contributed by atoms with E-state index in [1.165, 1.54) is 39.2 Å². The Hall–Kier alpha value is -0.830. The van der Waals surface area contributed by atoms with Crippen LogP contribution in [-0.4, -0.2) is 25.3 Å². The maximum atomic E-state index is 11.4. The molecule has 3 nitrogen and oxygen atoms in total. The number of rotatable bonds is 2. The standard InChI is InChI=1S/C13H20O3/c1-15-13(14)12-9-5-8-11(16-12)10-6-3-2-4-7-10/h5,9-12H,2-4,6-8H2,1H3/t11-,12+/m0/s1. The zero-order valence-corrected chi connectivity index (χ0v) is 9.85. The summed E-state index contributed by atoms with van der Waals surface area (Å²) in [6, 6.07) is 0. The van der Waals surface area contributed by atoms with Crippen LogP contribution >= 0.6 is 0 Å². The molecular formula is C13H20O3. The van der Waals surface area contributed by atoms with Gasteiger partial charge in [0.2, 0.25) is 0 Å². The van der Waals surface area contributed by atoms with Crippen LogP contribution in [0.25, 0.3) is 0 Å². The number of esters is 1. The van der Waals surface area contributed by atoms with E-state index in [4.69, 9.17) is 9.47 Å². The van der Waals surface area contributed by atoms with E-state index in [0.29, 0.717) is 5.92 Å². The van der Waals surface area contributed by atoms with Crippen molar-refractivity contribution in [2.24, 2.45) is 5.92 Å². The van der Waals surface area contributed by atoms with Gasteiger partial charge < -0.3 is 9.47 Å². The molecule has 0 aromatic carbocycles. The first kappa shape index (κ1) is 11.6. The van der Waals surface area contributed by atoms with Gasteiger partial charge in [0.15, 0.2) is 6.10 Å². The lowest BCUT2D eigenvalue weighted by Crippen LogP contribution is -2.36. The molecule has 2 atom stereocenters. The molecule has 0 amide bonds. The lowest BCUT2D eigenvalue weighted by molar-refractivity contribution is -0.157. The Balaban J connectivity index is 1.92. The van der Waals surface area contributed by atoms with Crippen LogP contribution in [0.3, 0.4) is 0 Å². The number of methoxy groups -OCH3 is 1. The maximum absolute atomic E-state index is 11.4. The van der Waals surface area contributed by atoms with Crippen LogP contribution in [0.1, 0.15) is 38.5 Å². The molecule has 1 saturated carbocycles. The number of carbonyl (C=O) groups excluding carboxylic acids is 1. The Morgan fingerprint density at radius 2 is 2.06 bits per heavy atom. The molecule has 0 saturated heterocycles. The fourth-order valence-electron chi connectivity index (χ4n) is 2.69. The minimum absolute atomic E-state index is 0.217. The molecule has 0 aromatic rings. The summed E-state index contributed by atoms with van der Waals surface area (Å²) in [6.07, 6.45) is 11.0. The number of ether oxygens (including phenoxy) is 2. The normalized spacial score (nSPS) is 31.3. The van der Waals surface area contributed by atoms with Crippen LogP contribution in [0.5, 0.6) is 0 Å². The third-order valence-corrected chi connectivity index (χ3v) is 3.61. The number of hydrogen-bond donors (Lipinski definition) is 0. The van der Waals surface area contributed by atoms with Crippen molar-refractivity contribution < 1.29 is 14.3 Å².